The molecule has 1 aromatic rings. The number of hydrogen-bond acceptors (Lipinski definition) is 4. The van der Waals surface area contributed by atoms with Crippen molar-refractivity contribution < 1.29 is 4.74 Å². The lowest BCUT2D eigenvalue weighted by Gasteiger charge is -2.12. The molecule has 0 bridgehead atoms. The van der Waals surface area contributed by atoms with Crippen LogP contribution in [-0.4, -0.2) is 24.2 Å². The zero-order valence-electron chi connectivity index (χ0n) is 9.75. The van der Waals surface area contributed by atoms with E-state index >= 15 is 0 Å². The highest BCUT2D eigenvalue weighted by Gasteiger charge is 2.03. The molecule has 1 atom stereocenters. The normalized spacial score (nSPS) is 13.0. The molecule has 86 valence electrons. The van der Waals surface area contributed by atoms with Crippen LogP contribution in [0.3, 0.4) is 0 Å². The van der Waals surface area contributed by atoms with Crippen molar-refractivity contribution in [3.63, 3.8) is 0 Å². The van der Waals surface area contributed by atoms with Crippen molar-refractivity contribution in [2.24, 2.45) is 0 Å². The second kappa shape index (κ2) is 6.93. The van der Waals surface area contributed by atoms with Crippen LogP contribution in [0.15, 0.2) is 5.38 Å². The minimum absolute atomic E-state index is 0.386. The van der Waals surface area contributed by atoms with Crippen LogP contribution in [0, 0.1) is 0 Å². The number of thiazole rings is 1. The Balaban J connectivity index is 2.24. The maximum atomic E-state index is 5.33. The average molecular weight is 228 g/mol. The molecule has 0 saturated carbocycles. The number of nitrogens with zero attached hydrogens (tertiary/aromatic N) is 1. The third kappa shape index (κ3) is 4.73. The zero-order chi connectivity index (χ0) is 11.1. The van der Waals surface area contributed by atoms with E-state index in [0.717, 1.165) is 31.9 Å². The van der Waals surface area contributed by atoms with E-state index in [2.05, 4.69) is 29.5 Å². The van der Waals surface area contributed by atoms with E-state index in [1.165, 1.54) is 5.01 Å². The molecule has 1 rings (SSSR count). The first kappa shape index (κ1) is 12.6. The van der Waals surface area contributed by atoms with E-state index < -0.39 is 0 Å². The molecule has 1 heterocycles. The molecule has 0 radical (unpaired) electrons. The second-order valence-corrected chi connectivity index (χ2v) is 4.47. The quantitative estimate of drug-likeness (QED) is 0.777. The molecular weight excluding hydrogens is 208 g/mol. The van der Waals surface area contributed by atoms with E-state index in [1.54, 1.807) is 11.3 Å². The SMILES string of the molecule is CCOCC(C)NCc1csc(CC)n1. The Labute approximate surface area is 95.9 Å². The van der Waals surface area contributed by atoms with Crippen molar-refractivity contribution in [3.05, 3.63) is 16.1 Å². The number of rotatable bonds is 7. The van der Waals surface area contributed by atoms with Gasteiger partial charge in [-0.3, -0.25) is 0 Å². The molecule has 0 aliphatic heterocycles. The predicted molar refractivity (Wildman–Crippen MR) is 64.3 cm³/mol. The molecular formula is C11H20N2OS. The first-order valence-corrected chi connectivity index (χ1v) is 6.38. The number of nitrogens with one attached hydrogen (secondary N) is 1. The monoisotopic (exact) mass is 228 g/mol. The van der Waals surface area contributed by atoms with Crippen molar-refractivity contribution in [1.82, 2.24) is 10.3 Å². The third-order valence-corrected chi connectivity index (χ3v) is 3.15. The molecule has 0 aliphatic rings. The number of hydrogen-bond donors (Lipinski definition) is 1. The Morgan fingerprint density at radius 1 is 1.53 bits per heavy atom. The van der Waals surface area contributed by atoms with Gasteiger partial charge in [-0.25, -0.2) is 4.98 Å². The molecule has 3 nitrogen and oxygen atoms in total. The summed E-state index contributed by atoms with van der Waals surface area (Å²) in [6.45, 7) is 8.66. The molecule has 0 aromatic carbocycles. The molecule has 0 fully saturated rings. The van der Waals surface area contributed by atoms with Crippen LogP contribution < -0.4 is 5.32 Å². The summed E-state index contributed by atoms with van der Waals surface area (Å²) in [5.41, 5.74) is 1.14. The van der Waals surface area contributed by atoms with E-state index in [4.69, 9.17) is 4.74 Å². The highest BCUT2D eigenvalue weighted by molar-refractivity contribution is 7.09. The topological polar surface area (TPSA) is 34.1 Å². The van der Waals surface area contributed by atoms with Gasteiger partial charge in [-0.15, -0.1) is 11.3 Å². The smallest absolute Gasteiger partial charge is 0.0926 e. The maximum Gasteiger partial charge on any atom is 0.0926 e. The minimum atomic E-state index is 0.386. The third-order valence-electron chi connectivity index (χ3n) is 2.11. The number of ether oxygens (including phenoxy) is 1. The molecule has 0 saturated heterocycles. The Hall–Kier alpha value is -0.450. The van der Waals surface area contributed by atoms with Crippen molar-refractivity contribution in [1.29, 1.82) is 0 Å². The van der Waals surface area contributed by atoms with Gasteiger partial charge in [0.1, 0.15) is 0 Å². The summed E-state index contributed by atoms with van der Waals surface area (Å²) >= 11 is 1.74. The Kier molecular flexibility index (Phi) is 5.83. The lowest BCUT2D eigenvalue weighted by molar-refractivity contribution is 0.127. The molecule has 1 aromatic heterocycles. The van der Waals surface area contributed by atoms with Gasteiger partial charge in [0.2, 0.25) is 0 Å². The molecule has 0 amide bonds. The van der Waals surface area contributed by atoms with Gasteiger partial charge in [-0.2, -0.15) is 0 Å². The summed E-state index contributed by atoms with van der Waals surface area (Å²) in [4.78, 5) is 4.50. The first-order chi connectivity index (χ1) is 7.26. The molecule has 15 heavy (non-hydrogen) atoms. The van der Waals surface area contributed by atoms with E-state index in [-0.39, 0.29) is 0 Å². The lowest BCUT2D eigenvalue weighted by Crippen LogP contribution is -2.30. The molecule has 1 N–H and O–H groups in total. The van der Waals surface area contributed by atoms with Gasteiger partial charge < -0.3 is 10.1 Å². The summed E-state index contributed by atoms with van der Waals surface area (Å²) in [7, 11) is 0. The van der Waals surface area contributed by atoms with Crippen LogP contribution in [0.25, 0.3) is 0 Å². The summed E-state index contributed by atoms with van der Waals surface area (Å²) in [5, 5.41) is 6.73. The van der Waals surface area contributed by atoms with E-state index in [0.29, 0.717) is 6.04 Å². The van der Waals surface area contributed by atoms with Gasteiger partial charge in [0, 0.05) is 24.6 Å². The summed E-state index contributed by atoms with van der Waals surface area (Å²) < 4.78 is 5.33. The second-order valence-electron chi connectivity index (χ2n) is 3.53. The highest BCUT2D eigenvalue weighted by atomic mass is 32.1. The summed E-state index contributed by atoms with van der Waals surface area (Å²) in [6, 6.07) is 0.386. The molecule has 1 unspecified atom stereocenters. The maximum absolute atomic E-state index is 5.33. The molecule has 4 heteroatoms. The largest absolute Gasteiger partial charge is 0.380 e. The molecule has 0 aliphatic carbocycles. The van der Waals surface area contributed by atoms with Crippen LogP contribution in [0.4, 0.5) is 0 Å². The highest BCUT2D eigenvalue weighted by Crippen LogP contribution is 2.09. The summed E-state index contributed by atoms with van der Waals surface area (Å²) in [6.07, 6.45) is 1.03. The van der Waals surface area contributed by atoms with Gasteiger partial charge >= 0.3 is 0 Å². The van der Waals surface area contributed by atoms with Gasteiger partial charge in [-0.05, 0) is 20.3 Å². The minimum Gasteiger partial charge on any atom is -0.380 e. The summed E-state index contributed by atoms with van der Waals surface area (Å²) in [5.74, 6) is 0. The lowest BCUT2D eigenvalue weighted by atomic mass is 10.3. The van der Waals surface area contributed by atoms with Gasteiger partial charge in [0.05, 0.1) is 17.3 Å². The molecule has 0 spiro atoms. The van der Waals surface area contributed by atoms with Crippen LogP contribution in [0.2, 0.25) is 0 Å². The fourth-order valence-electron chi connectivity index (χ4n) is 1.22. The number of aryl methyl sites for hydroxylation is 1. The van der Waals surface area contributed by atoms with Crippen molar-refractivity contribution in [2.75, 3.05) is 13.2 Å². The van der Waals surface area contributed by atoms with Crippen molar-refractivity contribution in [2.45, 2.75) is 39.8 Å². The van der Waals surface area contributed by atoms with E-state index in [9.17, 15) is 0 Å². The average Bonchev–Trinajstić information content (AvgIpc) is 2.71. The first-order valence-electron chi connectivity index (χ1n) is 5.50. The van der Waals surface area contributed by atoms with Gasteiger partial charge in [0.15, 0.2) is 0 Å². The standard InChI is InChI=1S/C11H20N2OS/c1-4-11-13-10(8-15-11)6-12-9(3)7-14-5-2/h8-9,12H,4-7H2,1-3H3. The number of aromatic nitrogens is 1. The van der Waals surface area contributed by atoms with Crippen LogP contribution in [-0.2, 0) is 17.7 Å². The van der Waals surface area contributed by atoms with Crippen LogP contribution in [0.1, 0.15) is 31.5 Å². The zero-order valence-corrected chi connectivity index (χ0v) is 10.6. The van der Waals surface area contributed by atoms with Crippen LogP contribution in [0.5, 0.6) is 0 Å². The van der Waals surface area contributed by atoms with Gasteiger partial charge in [-0.1, -0.05) is 6.92 Å². The predicted octanol–water partition coefficient (Wildman–Crippen LogP) is 2.22. The fourth-order valence-corrected chi connectivity index (χ4v) is 1.97. The van der Waals surface area contributed by atoms with Crippen molar-refractivity contribution in [3.8, 4) is 0 Å². The Morgan fingerprint density at radius 2 is 2.33 bits per heavy atom. The Bertz CT molecular complexity index is 275. The van der Waals surface area contributed by atoms with Crippen LogP contribution >= 0.6 is 11.3 Å². The van der Waals surface area contributed by atoms with Gasteiger partial charge in [0.25, 0.3) is 0 Å². The van der Waals surface area contributed by atoms with Crippen molar-refractivity contribution >= 4 is 11.3 Å². The Morgan fingerprint density at radius 3 is 2.93 bits per heavy atom. The van der Waals surface area contributed by atoms with E-state index in [1.807, 2.05) is 6.92 Å². The fraction of sp³-hybridized carbons (Fsp3) is 0.727.